The smallest absolute Gasteiger partial charge is 0.298 e. The standard InChI is InChI=1S/C16H22N4O3S/c1-17-14-6-5-13(11-15(14)18(2)16(17)21)24(22,23)20-9-7-19(8-10-20)12-3-4-12/h5-6,11-12H,3-4,7-10H2,1-2H3. The Bertz CT molecular complexity index is 948. The second-order valence-electron chi connectivity index (χ2n) is 6.72. The molecule has 0 spiro atoms. The van der Waals surface area contributed by atoms with Crippen LogP contribution in [0, 0.1) is 0 Å². The van der Waals surface area contributed by atoms with Crippen LogP contribution in [0.5, 0.6) is 0 Å². The van der Waals surface area contributed by atoms with Gasteiger partial charge in [0.2, 0.25) is 10.0 Å². The van der Waals surface area contributed by atoms with Gasteiger partial charge in [-0.2, -0.15) is 4.31 Å². The maximum absolute atomic E-state index is 12.9. The van der Waals surface area contributed by atoms with Crippen molar-refractivity contribution in [3.05, 3.63) is 28.7 Å². The summed E-state index contributed by atoms with van der Waals surface area (Å²) in [5.74, 6) is 0. The molecule has 1 aromatic heterocycles. The predicted octanol–water partition coefficient (Wildman–Crippen LogP) is 0.346. The summed E-state index contributed by atoms with van der Waals surface area (Å²) in [6, 6.07) is 5.60. The number of benzene rings is 1. The summed E-state index contributed by atoms with van der Waals surface area (Å²) in [6.07, 6.45) is 2.48. The maximum atomic E-state index is 12.9. The zero-order valence-electron chi connectivity index (χ0n) is 14.0. The molecule has 1 aliphatic heterocycles. The molecule has 1 saturated carbocycles. The fourth-order valence-electron chi connectivity index (χ4n) is 3.54. The number of sulfonamides is 1. The Kier molecular flexibility index (Phi) is 3.59. The first-order valence-electron chi connectivity index (χ1n) is 8.29. The van der Waals surface area contributed by atoms with E-state index in [-0.39, 0.29) is 10.6 Å². The maximum Gasteiger partial charge on any atom is 0.328 e. The van der Waals surface area contributed by atoms with Gasteiger partial charge in [0.15, 0.2) is 0 Å². The van der Waals surface area contributed by atoms with Crippen LogP contribution in [-0.4, -0.2) is 59.0 Å². The third kappa shape index (κ3) is 2.40. The third-order valence-corrected chi connectivity index (χ3v) is 7.11. The summed E-state index contributed by atoms with van der Waals surface area (Å²) in [4.78, 5) is 14.7. The fourth-order valence-corrected chi connectivity index (χ4v) is 4.99. The van der Waals surface area contributed by atoms with E-state index in [1.54, 1.807) is 36.6 Å². The first-order valence-corrected chi connectivity index (χ1v) is 9.73. The first-order chi connectivity index (χ1) is 11.4. The van der Waals surface area contributed by atoms with Crippen LogP contribution >= 0.6 is 0 Å². The highest BCUT2D eigenvalue weighted by atomic mass is 32.2. The van der Waals surface area contributed by atoms with E-state index in [0.29, 0.717) is 24.6 Å². The highest BCUT2D eigenvalue weighted by molar-refractivity contribution is 7.89. The molecule has 4 rings (SSSR count). The number of hydrogen-bond donors (Lipinski definition) is 0. The van der Waals surface area contributed by atoms with Crippen LogP contribution in [0.1, 0.15) is 12.8 Å². The zero-order chi connectivity index (χ0) is 17.1. The SMILES string of the molecule is Cn1c(=O)n(C)c2cc(S(=O)(=O)N3CCN(C4CC4)CC3)ccc21. The Morgan fingerprint density at radius 2 is 1.58 bits per heavy atom. The largest absolute Gasteiger partial charge is 0.328 e. The van der Waals surface area contributed by atoms with Crippen LogP contribution in [0.2, 0.25) is 0 Å². The molecule has 2 fully saturated rings. The Morgan fingerprint density at radius 3 is 2.21 bits per heavy atom. The van der Waals surface area contributed by atoms with Gasteiger partial charge in [-0.05, 0) is 31.0 Å². The summed E-state index contributed by atoms with van der Waals surface area (Å²) in [5, 5.41) is 0. The number of hydrogen-bond acceptors (Lipinski definition) is 4. The average molecular weight is 350 g/mol. The molecule has 1 aromatic carbocycles. The number of aryl methyl sites for hydroxylation is 2. The van der Waals surface area contributed by atoms with Crippen molar-refractivity contribution in [3.8, 4) is 0 Å². The summed E-state index contributed by atoms with van der Waals surface area (Å²) in [6.45, 7) is 2.67. The molecule has 1 saturated heterocycles. The fraction of sp³-hybridized carbons (Fsp3) is 0.562. The molecular formula is C16H22N4O3S. The minimum absolute atomic E-state index is 0.155. The van der Waals surface area contributed by atoms with Gasteiger partial charge in [-0.3, -0.25) is 14.0 Å². The highest BCUT2D eigenvalue weighted by Crippen LogP contribution is 2.29. The summed E-state index contributed by atoms with van der Waals surface area (Å²) < 4.78 is 30.5. The van der Waals surface area contributed by atoms with E-state index in [0.717, 1.165) is 18.6 Å². The van der Waals surface area contributed by atoms with Crippen LogP contribution in [0.4, 0.5) is 0 Å². The van der Waals surface area contributed by atoms with E-state index >= 15 is 0 Å². The molecule has 7 nitrogen and oxygen atoms in total. The van der Waals surface area contributed by atoms with Gasteiger partial charge in [0.05, 0.1) is 15.9 Å². The Morgan fingerprint density at radius 1 is 0.958 bits per heavy atom. The summed E-state index contributed by atoms with van der Waals surface area (Å²) in [7, 11) is -0.168. The molecule has 0 atom stereocenters. The van der Waals surface area contributed by atoms with Gasteiger partial charge in [-0.15, -0.1) is 0 Å². The van der Waals surface area contributed by atoms with E-state index in [9.17, 15) is 13.2 Å². The third-order valence-electron chi connectivity index (χ3n) is 5.22. The van der Waals surface area contributed by atoms with Gasteiger partial charge in [0.1, 0.15) is 0 Å². The van der Waals surface area contributed by atoms with E-state index < -0.39 is 10.0 Å². The molecule has 0 N–H and O–H groups in total. The quantitative estimate of drug-likeness (QED) is 0.801. The lowest BCUT2D eigenvalue weighted by Gasteiger charge is -2.34. The van der Waals surface area contributed by atoms with Crippen LogP contribution in [0.25, 0.3) is 11.0 Å². The van der Waals surface area contributed by atoms with Gasteiger partial charge in [-0.1, -0.05) is 0 Å². The molecular weight excluding hydrogens is 328 g/mol. The number of rotatable bonds is 3. The lowest BCUT2D eigenvalue weighted by Crippen LogP contribution is -2.49. The average Bonchev–Trinajstić information content (AvgIpc) is 3.41. The van der Waals surface area contributed by atoms with Crippen LogP contribution in [-0.2, 0) is 24.1 Å². The molecule has 130 valence electrons. The van der Waals surface area contributed by atoms with E-state index in [1.165, 1.54) is 22.0 Å². The first kappa shape index (κ1) is 15.9. The molecule has 0 unspecified atom stereocenters. The topological polar surface area (TPSA) is 67.5 Å². The lowest BCUT2D eigenvalue weighted by atomic mass is 10.3. The van der Waals surface area contributed by atoms with Gasteiger partial charge in [0, 0.05) is 46.3 Å². The van der Waals surface area contributed by atoms with Crippen molar-refractivity contribution in [2.75, 3.05) is 26.2 Å². The monoisotopic (exact) mass is 350 g/mol. The molecule has 2 aromatic rings. The van der Waals surface area contributed by atoms with Crippen molar-refractivity contribution < 1.29 is 8.42 Å². The molecule has 1 aliphatic carbocycles. The van der Waals surface area contributed by atoms with Crippen LogP contribution < -0.4 is 5.69 Å². The minimum Gasteiger partial charge on any atom is -0.298 e. The molecule has 2 heterocycles. The Balaban J connectivity index is 1.65. The Hall–Kier alpha value is -1.64. The number of piperazine rings is 1. The summed E-state index contributed by atoms with van der Waals surface area (Å²) in [5.41, 5.74) is 1.22. The summed E-state index contributed by atoms with van der Waals surface area (Å²) >= 11 is 0. The Labute approximate surface area is 141 Å². The van der Waals surface area contributed by atoms with Crippen LogP contribution in [0.3, 0.4) is 0 Å². The molecule has 0 amide bonds. The van der Waals surface area contributed by atoms with Gasteiger partial charge in [0.25, 0.3) is 0 Å². The van der Waals surface area contributed by atoms with Gasteiger partial charge >= 0.3 is 5.69 Å². The number of nitrogens with zero attached hydrogens (tertiary/aromatic N) is 4. The van der Waals surface area contributed by atoms with Crippen LogP contribution in [0.15, 0.2) is 27.9 Å². The van der Waals surface area contributed by atoms with E-state index in [1.807, 2.05) is 0 Å². The zero-order valence-corrected chi connectivity index (χ0v) is 14.8. The van der Waals surface area contributed by atoms with E-state index in [2.05, 4.69) is 4.90 Å². The van der Waals surface area contributed by atoms with Crippen molar-refractivity contribution in [1.29, 1.82) is 0 Å². The van der Waals surface area contributed by atoms with Crippen molar-refractivity contribution in [2.24, 2.45) is 14.1 Å². The second-order valence-corrected chi connectivity index (χ2v) is 8.66. The van der Waals surface area contributed by atoms with Crippen molar-refractivity contribution >= 4 is 21.1 Å². The normalized spacial score (nSPS) is 20.8. The number of fused-ring (bicyclic) bond motifs is 1. The highest BCUT2D eigenvalue weighted by Gasteiger charge is 2.35. The second kappa shape index (κ2) is 5.44. The van der Waals surface area contributed by atoms with Crippen molar-refractivity contribution in [1.82, 2.24) is 18.3 Å². The van der Waals surface area contributed by atoms with E-state index in [4.69, 9.17) is 0 Å². The van der Waals surface area contributed by atoms with Gasteiger partial charge in [-0.25, -0.2) is 13.2 Å². The molecule has 8 heteroatoms. The molecule has 24 heavy (non-hydrogen) atoms. The predicted molar refractivity (Wildman–Crippen MR) is 91.5 cm³/mol. The van der Waals surface area contributed by atoms with Crippen molar-refractivity contribution in [3.63, 3.8) is 0 Å². The minimum atomic E-state index is -3.52. The molecule has 0 radical (unpaired) electrons. The lowest BCUT2D eigenvalue weighted by molar-refractivity contribution is 0.180. The van der Waals surface area contributed by atoms with Gasteiger partial charge < -0.3 is 0 Å². The number of imidazole rings is 1. The number of aromatic nitrogens is 2. The molecule has 0 bridgehead atoms. The van der Waals surface area contributed by atoms with Crippen molar-refractivity contribution in [2.45, 2.75) is 23.8 Å². The molecule has 2 aliphatic rings.